The molecule has 7 heteroatoms. The highest BCUT2D eigenvalue weighted by atomic mass is 19.1. The second kappa shape index (κ2) is 10.5. The minimum absolute atomic E-state index is 0.180. The van der Waals surface area contributed by atoms with Gasteiger partial charge in [-0.1, -0.05) is 50.2 Å². The summed E-state index contributed by atoms with van der Waals surface area (Å²) in [4.78, 5) is 33.6. The number of rotatable bonds is 7. The van der Waals surface area contributed by atoms with Crippen molar-refractivity contribution in [2.45, 2.75) is 39.7 Å². The number of hydrogen-bond donors (Lipinski definition) is 1. The molecule has 0 aliphatic carbocycles. The fourth-order valence-electron chi connectivity index (χ4n) is 4.30. The molecule has 1 unspecified atom stereocenters. The molecule has 0 aliphatic rings. The van der Waals surface area contributed by atoms with Crippen LogP contribution in [0.3, 0.4) is 0 Å². The molecule has 180 valence electrons. The van der Waals surface area contributed by atoms with Gasteiger partial charge in [0.2, 0.25) is 0 Å². The summed E-state index contributed by atoms with van der Waals surface area (Å²) in [5, 5.41) is 3.30. The van der Waals surface area contributed by atoms with Crippen LogP contribution < -0.4 is 10.9 Å². The molecule has 0 saturated heterocycles. The first-order chi connectivity index (χ1) is 16.9. The van der Waals surface area contributed by atoms with Crippen molar-refractivity contribution in [2.75, 3.05) is 11.9 Å². The third kappa shape index (κ3) is 4.94. The summed E-state index contributed by atoms with van der Waals surface area (Å²) >= 11 is 0. The van der Waals surface area contributed by atoms with Gasteiger partial charge >= 0.3 is 6.03 Å². The zero-order valence-electron chi connectivity index (χ0n) is 20.2. The lowest BCUT2D eigenvalue weighted by Crippen LogP contribution is -2.40. The van der Waals surface area contributed by atoms with Gasteiger partial charge in [0.15, 0.2) is 0 Å². The molecule has 3 aromatic carbocycles. The fourth-order valence-corrected chi connectivity index (χ4v) is 4.30. The molecular weight excluding hydrogens is 443 g/mol. The molecule has 0 fully saturated rings. The third-order valence-corrected chi connectivity index (χ3v) is 6.06. The number of urea groups is 1. The Hall–Kier alpha value is -4.00. The Kier molecular flexibility index (Phi) is 7.25. The van der Waals surface area contributed by atoms with Crippen LogP contribution in [0.4, 0.5) is 14.9 Å². The first-order valence-corrected chi connectivity index (χ1v) is 11.9. The fraction of sp³-hybridized carbons (Fsp3) is 0.250. The molecule has 2 amide bonds. The van der Waals surface area contributed by atoms with Gasteiger partial charge in [-0.2, -0.15) is 0 Å². The SMILES string of the molecule is CCCN(C(=O)Nc1cccc(F)c1)C(C)c1nc2ccccc2c(=O)n1-c1ccccc1CC. The van der Waals surface area contributed by atoms with Gasteiger partial charge in [0.05, 0.1) is 22.6 Å². The summed E-state index contributed by atoms with van der Waals surface area (Å²) in [6, 6.07) is 19.8. The van der Waals surface area contributed by atoms with Crippen LogP contribution >= 0.6 is 0 Å². The van der Waals surface area contributed by atoms with Crippen molar-refractivity contribution < 1.29 is 9.18 Å². The minimum Gasteiger partial charge on any atom is -0.315 e. The van der Waals surface area contributed by atoms with Gasteiger partial charge in [-0.3, -0.25) is 9.36 Å². The zero-order valence-corrected chi connectivity index (χ0v) is 20.2. The van der Waals surface area contributed by atoms with Gasteiger partial charge in [-0.05, 0) is 61.7 Å². The Bertz CT molecular complexity index is 1420. The Balaban J connectivity index is 1.86. The molecule has 0 bridgehead atoms. The first-order valence-electron chi connectivity index (χ1n) is 11.9. The number of fused-ring (bicyclic) bond motifs is 1. The van der Waals surface area contributed by atoms with Gasteiger partial charge in [0, 0.05) is 12.2 Å². The van der Waals surface area contributed by atoms with Crippen LogP contribution in [0.2, 0.25) is 0 Å². The van der Waals surface area contributed by atoms with Gasteiger partial charge in [-0.15, -0.1) is 0 Å². The van der Waals surface area contributed by atoms with Crippen molar-refractivity contribution in [1.29, 1.82) is 0 Å². The lowest BCUT2D eigenvalue weighted by molar-refractivity contribution is 0.189. The molecule has 0 aliphatic heterocycles. The largest absolute Gasteiger partial charge is 0.322 e. The maximum absolute atomic E-state index is 13.8. The lowest BCUT2D eigenvalue weighted by Gasteiger charge is -2.30. The summed E-state index contributed by atoms with van der Waals surface area (Å²) in [6.45, 7) is 6.31. The van der Waals surface area contributed by atoms with E-state index in [0.717, 1.165) is 17.7 Å². The number of aryl methyl sites for hydroxylation is 1. The maximum atomic E-state index is 13.8. The highest BCUT2D eigenvalue weighted by Crippen LogP contribution is 2.25. The number of hydrogen-bond acceptors (Lipinski definition) is 3. The van der Waals surface area contributed by atoms with Gasteiger partial charge in [0.25, 0.3) is 5.56 Å². The smallest absolute Gasteiger partial charge is 0.315 e. The predicted octanol–water partition coefficient (Wildman–Crippen LogP) is 6.09. The number of anilines is 1. The van der Waals surface area contributed by atoms with Gasteiger partial charge < -0.3 is 10.2 Å². The Morgan fingerprint density at radius 3 is 2.54 bits per heavy atom. The topological polar surface area (TPSA) is 67.2 Å². The van der Waals surface area contributed by atoms with Gasteiger partial charge in [0.1, 0.15) is 11.6 Å². The van der Waals surface area contributed by atoms with Crippen molar-refractivity contribution in [3.63, 3.8) is 0 Å². The number of carbonyl (C=O) groups is 1. The minimum atomic E-state index is -0.536. The number of halogens is 1. The molecule has 0 spiro atoms. The van der Waals surface area contributed by atoms with Crippen molar-refractivity contribution in [3.8, 4) is 5.69 Å². The maximum Gasteiger partial charge on any atom is 0.322 e. The molecule has 4 rings (SSSR count). The Morgan fingerprint density at radius 2 is 1.80 bits per heavy atom. The third-order valence-electron chi connectivity index (χ3n) is 6.06. The van der Waals surface area contributed by atoms with Crippen LogP contribution in [-0.4, -0.2) is 27.0 Å². The molecular formula is C28H29FN4O2. The van der Waals surface area contributed by atoms with Crippen molar-refractivity contribution >= 4 is 22.6 Å². The Morgan fingerprint density at radius 1 is 1.06 bits per heavy atom. The van der Waals surface area contributed by atoms with E-state index < -0.39 is 11.9 Å². The molecule has 1 heterocycles. The van der Waals surface area contributed by atoms with E-state index in [9.17, 15) is 14.0 Å². The van der Waals surface area contributed by atoms with Crippen molar-refractivity contribution in [3.05, 3.63) is 100 Å². The molecule has 35 heavy (non-hydrogen) atoms. The standard InChI is InChI=1S/C28H29FN4O2/c1-4-17-32(28(35)30-22-13-10-12-21(29)18-22)19(3)26-31-24-15-8-7-14-23(24)27(34)33(26)25-16-9-6-11-20(25)5-2/h6-16,18-19H,4-5,17H2,1-3H3,(H,30,35). The van der Waals surface area contributed by atoms with Crippen LogP contribution in [0.15, 0.2) is 77.6 Å². The van der Waals surface area contributed by atoms with Crippen molar-refractivity contribution in [2.24, 2.45) is 0 Å². The van der Waals surface area contributed by atoms with E-state index in [-0.39, 0.29) is 11.6 Å². The van der Waals surface area contributed by atoms with Crippen LogP contribution in [0.1, 0.15) is 44.6 Å². The second-order valence-corrected chi connectivity index (χ2v) is 8.42. The molecule has 4 aromatic rings. The van der Waals surface area contributed by atoms with Gasteiger partial charge in [-0.25, -0.2) is 14.2 Å². The number of nitrogens with one attached hydrogen (secondary N) is 1. The number of carbonyl (C=O) groups excluding carboxylic acids is 1. The quantitative estimate of drug-likeness (QED) is 0.354. The van der Waals surface area contributed by atoms with E-state index in [1.54, 1.807) is 33.7 Å². The molecule has 1 N–H and O–H groups in total. The van der Waals surface area contributed by atoms with E-state index in [1.165, 1.54) is 12.1 Å². The Labute approximate surface area is 204 Å². The van der Waals surface area contributed by atoms with E-state index in [0.29, 0.717) is 35.4 Å². The summed E-state index contributed by atoms with van der Waals surface area (Å²) in [5.74, 6) is 0.0385. The monoisotopic (exact) mass is 472 g/mol. The highest BCUT2D eigenvalue weighted by molar-refractivity contribution is 5.89. The number of aromatic nitrogens is 2. The molecule has 6 nitrogen and oxygen atoms in total. The molecule has 0 radical (unpaired) electrons. The zero-order chi connectivity index (χ0) is 24.9. The second-order valence-electron chi connectivity index (χ2n) is 8.42. The summed E-state index contributed by atoms with van der Waals surface area (Å²) in [7, 11) is 0. The normalized spacial score (nSPS) is 11.9. The number of nitrogens with zero attached hydrogens (tertiary/aromatic N) is 3. The van der Waals surface area contributed by atoms with E-state index in [4.69, 9.17) is 4.98 Å². The average Bonchev–Trinajstić information content (AvgIpc) is 2.87. The molecule has 0 saturated carbocycles. The lowest BCUT2D eigenvalue weighted by atomic mass is 10.1. The average molecular weight is 473 g/mol. The van der Waals surface area contributed by atoms with E-state index in [2.05, 4.69) is 5.32 Å². The van der Waals surface area contributed by atoms with E-state index >= 15 is 0 Å². The number of amides is 2. The highest BCUT2D eigenvalue weighted by Gasteiger charge is 2.27. The van der Waals surface area contributed by atoms with Crippen LogP contribution in [0, 0.1) is 5.82 Å². The number of benzene rings is 3. The number of para-hydroxylation sites is 2. The van der Waals surface area contributed by atoms with E-state index in [1.807, 2.05) is 57.2 Å². The van der Waals surface area contributed by atoms with Crippen molar-refractivity contribution in [1.82, 2.24) is 14.5 Å². The predicted molar refractivity (Wildman–Crippen MR) is 138 cm³/mol. The summed E-state index contributed by atoms with van der Waals surface area (Å²) < 4.78 is 15.3. The summed E-state index contributed by atoms with van der Waals surface area (Å²) in [6.07, 6.45) is 1.44. The van der Waals surface area contributed by atoms with Crippen LogP contribution in [0.25, 0.3) is 16.6 Å². The molecule has 1 aromatic heterocycles. The summed E-state index contributed by atoms with van der Waals surface area (Å²) in [5.41, 5.74) is 2.52. The molecule has 1 atom stereocenters. The van der Waals surface area contributed by atoms with Crippen LogP contribution in [0.5, 0.6) is 0 Å². The van der Waals surface area contributed by atoms with Crippen LogP contribution in [-0.2, 0) is 6.42 Å². The first kappa shape index (κ1) is 24.1.